The van der Waals surface area contributed by atoms with Crippen molar-refractivity contribution in [3.8, 4) is 0 Å². The van der Waals surface area contributed by atoms with E-state index in [1.807, 2.05) is 0 Å². The van der Waals surface area contributed by atoms with Gasteiger partial charge in [-0.2, -0.15) is 0 Å². The summed E-state index contributed by atoms with van der Waals surface area (Å²) in [6.07, 6.45) is 24.5. The average Bonchev–Trinajstić information content (AvgIpc) is 2.96. The molecule has 0 saturated heterocycles. The van der Waals surface area contributed by atoms with Gasteiger partial charge >= 0.3 is 121 Å². The van der Waals surface area contributed by atoms with E-state index in [0.717, 1.165) is 63.2 Å². The Morgan fingerprint density at radius 2 is 0.805 bits per heavy atom. The summed E-state index contributed by atoms with van der Waals surface area (Å²) in [5.74, 6) is -0.530. The van der Waals surface area contributed by atoms with E-state index < -0.39 is 11.9 Å². The van der Waals surface area contributed by atoms with E-state index in [-0.39, 0.29) is 45.1 Å². The molecular formula is C36H68O4Sn. The van der Waals surface area contributed by atoms with Gasteiger partial charge < -0.3 is 19.8 Å². The molecule has 0 aliphatic rings. The van der Waals surface area contributed by atoms with Gasteiger partial charge in [-0.15, -0.1) is 0 Å². The van der Waals surface area contributed by atoms with Crippen LogP contribution in [0.15, 0.2) is 11.1 Å². The molecule has 0 fully saturated rings. The molecule has 0 aromatic carbocycles. The number of carbonyl (C=O) groups excluding carboxylic acids is 2. The smallest absolute Gasteiger partial charge is 0.0678 e. The van der Waals surface area contributed by atoms with Crippen molar-refractivity contribution in [1.82, 2.24) is 0 Å². The van der Waals surface area contributed by atoms with Crippen molar-refractivity contribution < 1.29 is 19.8 Å². The van der Waals surface area contributed by atoms with Crippen LogP contribution in [0.1, 0.15) is 183 Å². The Morgan fingerprint density at radius 3 is 1.10 bits per heavy atom. The summed E-state index contributed by atoms with van der Waals surface area (Å²) in [6, 6.07) is 0. The Balaban J connectivity index is 0. The Labute approximate surface area is 266 Å². The van der Waals surface area contributed by atoms with E-state index in [1.165, 1.54) is 64.2 Å². The van der Waals surface area contributed by atoms with Crippen molar-refractivity contribution in [3.63, 3.8) is 0 Å². The zero-order chi connectivity index (χ0) is 31.1. The van der Waals surface area contributed by atoms with Crippen molar-refractivity contribution in [2.24, 2.45) is 11.8 Å². The van der Waals surface area contributed by atoms with Crippen molar-refractivity contribution in [1.29, 1.82) is 0 Å². The molecule has 0 bridgehead atoms. The minimum atomic E-state index is -1.35. The quantitative estimate of drug-likeness (QED) is 0.0468. The van der Waals surface area contributed by atoms with Crippen LogP contribution in [0.2, 0.25) is 8.87 Å². The third kappa shape index (κ3) is 26.8. The first-order chi connectivity index (χ1) is 19.8. The number of carbonyl (C=O) groups is 2. The van der Waals surface area contributed by atoms with Gasteiger partial charge in [0.25, 0.3) is 0 Å². The summed E-state index contributed by atoms with van der Waals surface area (Å²) in [7, 11) is 0. The van der Waals surface area contributed by atoms with Crippen molar-refractivity contribution in [2.75, 3.05) is 0 Å². The molecule has 2 atom stereocenters. The Hall–Kier alpha value is -0.521. The fraction of sp³-hybridized carbons (Fsp3) is 0.889. The van der Waals surface area contributed by atoms with Crippen LogP contribution in [0.4, 0.5) is 0 Å². The summed E-state index contributed by atoms with van der Waals surface area (Å²) in [6.45, 7) is 13.7. The maximum absolute atomic E-state index is 11.3. The number of hydrogen-bond donors (Lipinski definition) is 0. The van der Waals surface area contributed by atoms with Crippen LogP contribution < -0.4 is 10.2 Å². The van der Waals surface area contributed by atoms with Gasteiger partial charge in [0, 0.05) is 0 Å². The zero-order valence-electron chi connectivity index (χ0n) is 28.3. The number of rotatable bonds is 28. The van der Waals surface area contributed by atoms with Crippen molar-refractivity contribution in [2.45, 2.75) is 192 Å². The summed E-state index contributed by atoms with van der Waals surface area (Å²) in [5.41, 5.74) is -0.113. The number of carboxylic acid groups (broad SMARTS) is 2. The van der Waals surface area contributed by atoms with E-state index in [4.69, 9.17) is 0 Å². The fourth-order valence-electron chi connectivity index (χ4n) is 5.29. The van der Waals surface area contributed by atoms with Crippen molar-refractivity contribution >= 4 is 33.1 Å². The molecule has 0 spiro atoms. The molecular weight excluding hydrogens is 615 g/mol. The molecule has 0 heterocycles. The van der Waals surface area contributed by atoms with Crippen molar-refractivity contribution in [3.05, 3.63) is 11.1 Å². The van der Waals surface area contributed by atoms with Gasteiger partial charge in [0.2, 0.25) is 0 Å². The monoisotopic (exact) mass is 684 g/mol. The predicted molar refractivity (Wildman–Crippen MR) is 175 cm³/mol. The largest absolute Gasteiger partial charge is 0.545 e. The van der Waals surface area contributed by atoms with Crippen LogP contribution in [0.3, 0.4) is 0 Å². The molecule has 0 N–H and O–H groups in total. The van der Waals surface area contributed by atoms with E-state index in [2.05, 4.69) is 41.5 Å². The average molecular weight is 684 g/mol. The molecule has 0 amide bonds. The van der Waals surface area contributed by atoms with Gasteiger partial charge in [0.1, 0.15) is 0 Å². The molecule has 5 heteroatoms. The number of carboxylic acids is 2. The van der Waals surface area contributed by atoms with Gasteiger partial charge in [-0.25, -0.2) is 0 Å². The first-order valence-electron chi connectivity index (χ1n) is 17.7. The molecule has 0 aliphatic heterocycles. The summed E-state index contributed by atoms with van der Waals surface area (Å²) >= 11 is -0.0388. The maximum Gasteiger partial charge on any atom is 0.0678 e. The number of unbranched alkanes of at least 4 members (excludes halogenated alkanes) is 12. The molecule has 0 radical (unpaired) electrons. The van der Waals surface area contributed by atoms with E-state index in [0.29, 0.717) is 12.8 Å². The van der Waals surface area contributed by atoms with E-state index in [1.54, 1.807) is 8.87 Å². The summed E-state index contributed by atoms with van der Waals surface area (Å²) < 4.78 is 3.31. The zero-order valence-corrected chi connectivity index (χ0v) is 31.1. The normalized spacial score (nSPS) is 13.0. The van der Waals surface area contributed by atoms with Crippen LogP contribution in [-0.2, 0) is 9.59 Å². The van der Waals surface area contributed by atoms with Gasteiger partial charge in [-0.1, -0.05) is 78.1 Å². The molecule has 240 valence electrons. The van der Waals surface area contributed by atoms with Crippen LogP contribution in [0.25, 0.3) is 0 Å². The topological polar surface area (TPSA) is 80.3 Å². The molecule has 0 aliphatic carbocycles. The third-order valence-electron chi connectivity index (χ3n) is 8.37. The molecule has 4 nitrogen and oxygen atoms in total. The van der Waals surface area contributed by atoms with Crippen LogP contribution in [0, 0.1) is 11.8 Å². The molecule has 0 rings (SSSR count). The minimum Gasteiger partial charge on any atom is -0.545 e. The molecule has 41 heavy (non-hydrogen) atoms. The van der Waals surface area contributed by atoms with Gasteiger partial charge in [0.15, 0.2) is 0 Å². The van der Waals surface area contributed by atoms with E-state index in [9.17, 15) is 19.8 Å². The Morgan fingerprint density at radius 1 is 0.488 bits per heavy atom. The standard InChI is InChI=1S/C20H36O4.2C8H17.Sn/c1-3-5-7-9-11-13-15-17(19(21)22)18(20(23)24)16-14-12-10-8-6-4-2;2*1-4-6-7-8(3)5-2;/h3-16H2,1-2H3,(H,21,22)(H,23,24);2*8H,3-7H2,1-2H3;/q;;;+2/p-2/b18-17-;;;. The second-order valence-corrected chi connectivity index (χ2v) is 15.8. The van der Waals surface area contributed by atoms with E-state index >= 15 is 0 Å². The third-order valence-corrected chi connectivity index (χ3v) is 13.3. The summed E-state index contributed by atoms with van der Waals surface area (Å²) in [4.78, 5) is 22.7. The second-order valence-electron chi connectivity index (χ2n) is 12.1. The molecule has 2 unspecified atom stereocenters. The number of hydrogen-bond acceptors (Lipinski definition) is 4. The summed E-state index contributed by atoms with van der Waals surface area (Å²) in [5, 5.41) is 22.7. The minimum absolute atomic E-state index is 0.0388. The molecule has 0 aromatic heterocycles. The predicted octanol–water partition coefficient (Wildman–Crippen LogP) is 9.24. The van der Waals surface area contributed by atoms with Crippen LogP contribution >= 0.6 is 0 Å². The molecule has 0 saturated carbocycles. The fourth-order valence-corrected chi connectivity index (χ4v) is 10.9. The second kappa shape index (κ2) is 32.4. The molecule has 0 aromatic rings. The van der Waals surface area contributed by atoms with Crippen LogP contribution in [0.5, 0.6) is 0 Å². The first kappa shape index (κ1) is 42.6. The van der Waals surface area contributed by atoms with Gasteiger partial charge in [-0.3, -0.25) is 0 Å². The number of aliphatic carboxylic acids is 2. The maximum atomic E-state index is 11.3. The van der Waals surface area contributed by atoms with Gasteiger partial charge in [-0.05, 0) is 36.8 Å². The van der Waals surface area contributed by atoms with Gasteiger partial charge in [0.05, 0.1) is 11.9 Å². The Bertz CT molecular complexity index is 579. The van der Waals surface area contributed by atoms with Crippen LogP contribution in [-0.4, -0.2) is 33.1 Å². The Kier molecular flexibility index (Phi) is 33.7. The SMILES string of the molecule is CCCCC(CC)[CH2][Sn+2][CH2]C(CC)CCCC.CCCCCCCC/C(C(=O)[O-])=C(\CCCCCCCC)C(=O)[O-]. The first-order valence-corrected chi connectivity index (χ1v) is 21.7.